The van der Waals surface area contributed by atoms with E-state index in [-0.39, 0.29) is 0 Å². The molecule has 0 bridgehead atoms. The van der Waals surface area contributed by atoms with Crippen LogP contribution in [0.4, 0.5) is 0 Å². The Bertz CT molecular complexity index is 457. The standard InChI is InChI=1S/C13H14N/c1-2-3-9-14-10-8-12-6-4-5-7-13(12)11-14/h2-8,10-11H,9H2,1H3/q+1/b3-2+. The highest BCUT2D eigenvalue weighted by atomic mass is 14.9. The fraction of sp³-hybridized carbons (Fsp3) is 0.154. The van der Waals surface area contributed by atoms with Crippen molar-refractivity contribution in [2.75, 3.05) is 0 Å². The number of hydrogen-bond acceptors (Lipinski definition) is 0. The first-order chi connectivity index (χ1) is 6.90. The van der Waals surface area contributed by atoms with Crippen LogP contribution in [0.2, 0.25) is 0 Å². The third kappa shape index (κ3) is 1.82. The first kappa shape index (κ1) is 8.95. The second-order valence-corrected chi connectivity index (χ2v) is 3.34. The summed E-state index contributed by atoms with van der Waals surface area (Å²) in [5, 5.41) is 2.59. The van der Waals surface area contributed by atoms with Gasteiger partial charge < -0.3 is 0 Å². The van der Waals surface area contributed by atoms with Crippen LogP contribution in [0.5, 0.6) is 0 Å². The molecule has 0 aliphatic heterocycles. The van der Waals surface area contributed by atoms with Gasteiger partial charge in [-0.1, -0.05) is 24.3 Å². The zero-order valence-electron chi connectivity index (χ0n) is 8.35. The molecule has 0 aliphatic rings. The monoisotopic (exact) mass is 184 g/mol. The topological polar surface area (TPSA) is 3.88 Å². The average Bonchev–Trinajstić information content (AvgIpc) is 2.26. The second kappa shape index (κ2) is 4.05. The maximum Gasteiger partial charge on any atom is 0.176 e. The Morgan fingerprint density at radius 1 is 1.14 bits per heavy atom. The summed E-state index contributed by atoms with van der Waals surface area (Å²) in [6.45, 7) is 2.99. The molecule has 0 radical (unpaired) electrons. The molecule has 2 rings (SSSR count). The maximum atomic E-state index is 2.18. The molecule has 0 aliphatic carbocycles. The van der Waals surface area contributed by atoms with Crippen molar-refractivity contribution in [1.29, 1.82) is 0 Å². The van der Waals surface area contributed by atoms with E-state index in [1.807, 2.05) is 6.92 Å². The van der Waals surface area contributed by atoms with Gasteiger partial charge in [0.2, 0.25) is 0 Å². The smallest absolute Gasteiger partial charge is 0.176 e. The van der Waals surface area contributed by atoms with Crippen molar-refractivity contribution >= 4 is 10.8 Å². The van der Waals surface area contributed by atoms with E-state index in [9.17, 15) is 0 Å². The van der Waals surface area contributed by atoms with Crippen molar-refractivity contribution in [3.63, 3.8) is 0 Å². The molecule has 1 nitrogen and oxygen atoms in total. The molecule has 0 saturated carbocycles. The van der Waals surface area contributed by atoms with Crippen LogP contribution < -0.4 is 4.57 Å². The van der Waals surface area contributed by atoms with E-state index in [1.165, 1.54) is 10.8 Å². The van der Waals surface area contributed by atoms with E-state index < -0.39 is 0 Å². The SMILES string of the molecule is C/C=C/C[n+]1ccc2ccccc2c1. The van der Waals surface area contributed by atoms with Crippen molar-refractivity contribution in [1.82, 2.24) is 0 Å². The van der Waals surface area contributed by atoms with Crippen molar-refractivity contribution < 1.29 is 4.57 Å². The maximum absolute atomic E-state index is 2.18. The van der Waals surface area contributed by atoms with Gasteiger partial charge in [-0.3, -0.25) is 0 Å². The Morgan fingerprint density at radius 2 is 1.93 bits per heavy atom. The van der Waals surface area contributed by atoms with Crippen LogP contribution >= 0.6 is 0 Å². The first-order valence-electron chi connectivity index (χ1n) is 4.89. The van der Waals surface area contributed by atoms with Gasteiger partial charge in [0.05, 0.1) is 0 Å². The minimum Gasteiger partial charge on any atom is -0.201 e. The summed E-state index contributed by atoms with van der Waals surface area (Å²) in [7, 11) is 0. The lowest BCUT2D eigenvalue weighted by Gasteiger charge is -1.95. The molecule has 70 valence electrons. The third-order valence-corrected chi connectivity index (χ3v) is 2.30. The molecule has 0 amide bonds. The van der Waals surface area contributed by atoms with Gasteiger partial charge in [-0.05, 0) is 24.5 Å². The van der Waals surface area contributed by atoms with Crippen LogP contribution in [-0.4, -0.2) is 0 Å². The summed E-state index contributed by atoms with van der Waals surface area (Å²) in [6, 6.07) is 10.6. The summed E-state index contributed by atoms with van der Waals surface area (Å²) in [4.78, 5) is 0. The minimum atomic E-state index is 0.946. The normalized spacial score (nSPS) is 11.2. The summed E-state index contributed by atoms with van der Waals surface area (Å²) < 4.78 is 2.18. The van der Waals surface area contributed by atoms with Crippen molar-refractivity contribution in [2.45, 2.75) is 13.5 Å². The molecule has 1 heteroatoms. The third-order valence-electron chi connectivity index (χ3n) is 2.30. The number of aromatic nitrogens is 1. The van der Waals surface area contributed by atoms with E-state index in [0.717, 1.165) is 6.54 Å². The van der Waals surface area contributed by atoms with E-state index in [4.69, 9.17) is 0 Å². The fourth-order valence-corrected chi connectivity index (χ4v) is 1.52. The van der Waals surface area contributed by atoms with Crippen molar-refractivity contribution in [2.24, 2.45) is 0 Å². The van der Waals surface area contributed by atoms with E-state index in [2.05, 4.69) is 59.4 Å². The lowest BCUT2D eigenvalue weighted by molar-refractivity contribution is -0.685. The fourth-order valence-electron chi connectivity index (χ4n) is 1.52. The van der Waals surface area contributed by atoms with E-state index >= 15 is 0 Å². The number of allylic oxidation sites excluding steroid dienone is 2. The van der Waals surface area contributed by atoms with Crippen LogP contribution in [0.15, 0.2) is 54.9 Å². The highest BCUT2D eigenvalue weighted by Gasteiger charge is 1.99. The van der Waals surface area contributed by atoms with E-state index in [0.29, 0.717) is 0 Å². The zero-order valence-corrected chi connectivity index (χ0v) is 8.35. The summed E-state index contributed by atoms with van der Waals surface area (Å²) in [5.74, 6) is 0. The Balaban J connectivity index is 2.41. The van der Waals surface area contributed by atoms with E-state index in [1.54, 1.807) is 0 Å². The number of fused-ring (bicyclic) bond motifs is 1. The zero-order chi connectivity index (χ0) is 9.80. The molecule has 0 spiro atoms. The van der Waals surface area contributed by atoms with Crippen LogP contribution in [-0.2, 0) is 6.54 Å². The second-order valence-electron chi connectivity index (χ2n) is 3.34. The quantitative estimate of drug-likeness (QED) is 0.499. The molecule has 1 aromatic carbocycles. The molecule has 0 N–H and O–H groups in total. The number of hydrogen-bond donors (Lipinski definition) is 0. The minimum absolute atomic E-state index is 0.946. The van der Waals surface area contributed by atoms with Crippen molar-refractivity contribution in [3.05, 3.63) is 54.9 Å². The summed E-state index contributed by atoms with van der Waals surface area (Å²) >= 11 is 0. The largest absolute Gasteiger partial charge is 0.201 e. The highest BCUT2D eigenvalue weighted by molar-refractivity contribution is 5.80. The van der Waals surface area contributed by atoms with Crippen LogP contribution in [0.25, 0.3) is 10.8 Å². The molecule has 2 aromatic rings. The molecule has 1 heterocycles. The number of nitrogens with zero attached hydrogens (tertiary/aromatic N) is 1. The Labute approximate surface area is 84.3 Å². The highest BCUT2D eigenvalue weighted by Crippen LogP contribution is 2.09. The summed E-state index contributed by atoms with van der Waals surface area (Å²) in [5.41, 5.74) is 0. The summed E-state index contributed by atoms with van der Waals surface area (Å²) in [6.07, 6.45) is 8.51. The number of benzene rings is 1. The van der Waals surface area contributed by atoms with Gasteiger partial charge in [-0.2, -0.15) is 0 Å². The number of rotatable bonds is 2. The van der Waals surface area contributed by atoms with Crippen LogP contribution in [0.1, 0.15) is 6.92 Å². The van der Waals surface area contributed by atoms with Gasteiger partial charge in [0.15, 0.2) is 18.9 Å². The average molecular weight is 184 g/mol. The molecule has 0 saturated heterocycles. The van der Waals surface area contributed by atoms with Crippen LogP contribution in [0, 0.1) is 0 Å². The van der Waals surface area contributed by atoms with Gasteiger partial charge in [0.25, 0.3) is 0 Å². The molecular formula is C13H14N+. The Morgan fingerprint density at radius 3 is 2.71 bits per heavy atom. The van der Waals surface area contributed by atoms with Gasteiger partial charge in [-0.25, -0.2) is 4.57 Å². The molecule has 0 unspecified atom stereocenters. The molecule has 1 aromatic heterocycles. The lowest BCUT2D eigenvalue weighted by Crippen LogP contribution is -2.31. The Kier molecular flexibility index (Phi) is 2.59. The van der Waals surface area contributed by atoms with Gasteiger partial charge in [-0.15, -0.1) is 0 Å². The van der Waals surface area contributed by atoms with Gasteiger partial charge in [0, 0.05) is 11.5 Å². The number of pyridine rings is 1. The molecule has 0 fully saturated rings. The van der Waals surface area contributed by atoms with Crippen molar-refractivity contribution in [3.8, 4) is 0 Å². The predicted molar refractivity (Wildman–Crippen MR) is 59.0 cm³/mol. The van der Waals surface area contributed by atoms with Gasteiger partial charge >= 0.3 is 0 Å². The lowest BCUT2D eigenvalue weighted by atomic mass is 10.2. The molecule has 14 heavy (non-hydrogen) atoms. The predicted octanol–water partition coefficient (Wildman–Crippen LogP) is 2.70. The molecular weight excluding hydrogens is 170 g/mol. The first-order valence-corrected chi connectivity index (χ1v) is 4.89. The van der Waals surface area contributed by atoms with Gasteiger partial charge in [0.1, 0.15) is 0 Å². The van der Waals surface area contributed by atoms with Crippen LogP contribution in [0.3, 0.4) is 0 Å². The Hall–Kier alpha value is -1.63. The molecule has 0 atom stereocenters.